The van der Waals surface area contributed by atoms with Crippen molar-refractivity contribution in [1.82, 2.24) is 15.1 Å². The standard InChI is InChI=1S/C15H20IN3O/c1-2-6-17-10-13-4-3-5-15(9-13)20-8-7-19-12-14(16)11-18-19/h3-5,9,11-12,17H,2,6-8,10H2,1H3. The van der Waals surface area contributed by atoms with Gasteiger partial charge in [-0.1, -0.05) is 19.1 Å². The van der Waals surface area contributed by atoms with Crippen LogP contribution < -0.4 is 10.1 Å². The summed E-state index contributed by atoms with van der Waals surface area (Å²) >= 11 is 2.25. The van der Waals surface area contributed by atoms with Crippen LogP contribution in [0.25, 0.3) is 0 Å². The first-order chi connectivity index (χ1) is 9.78. The Hall–Kier alpha value is -1.08. The highest BCUT2D eigenvalue weighted by molar-refractivity contribution is 14.1. The number of benzene rings is 1. The molecule has 2 rings (SSSR count). The summed E-state index contributed by atoms with van der Waals surface area (Å²) < 4.78 is 8.82. The van der Waals surface area contributed by atoms with E-state index in [2.05, 4.69) is 52.1 Å². The minimum Gasteiger partial charge on any atom is -0.492 e. The second-order valence-electron chi connectivity index (χ2n) is 4.59. The zero-order valence-electron chi connectivity index (χ0n) is 11.7. The largest absolute Gasteiger partial charge is 0.492 e. The molecule has 0 atom stereocenters. The van der Waals surface area contributed by atoms with Crippen molar-refractivity contribution in [3.8, 4) is 5.75 Å². The highest BCUT2D eigenvalue weighted by atomic mass is 127. The van der Waals surface area contributed by atoms with Crippen molar-refractivity contribution < 1.29 is 4.74 Å². The van der Waals surface area contributed by atoms with Crippen molar-refractivity contribution >= 4 is 22.6 Å². The molecule has 5 heteroatoms. The molecule has 0 aliphatic rings. The maximum atomic E-state index is 5.78. The minimum absolute atomic E-state index is 0.629. The lowest BCUT2D eigenvalue weighted by Gasteiger charge is -2.09. The fraction of sp³-hybridized carbons (Fsp3) is 0.400. The number of ether oxygens (including phenoxy) is 1. The van der Waals surface area contributed by atoms with Gasteiger partial charge in [0, 0.05) is 12.7 Å². The minimum atomic E-state index is 0.629. The lowest BCUT2D eigenvalue weighted by atomic mass is 10.2. The number of hydrogen-bond donors (Lipinski definition) is 1. The van der Waals surface area contributed by atoms with Gasteiger partial charge in [-0.25, -0.2) is 0 Å². The molecular formula is C15H20IN3O. The number of hydrogen-bond acceptors (Lipinski definition) is 3. The van der Waals surface area contributed by atoms with Gasteiger partial charge in [0.15, 0.2) is 0 Å². The molecule has 4 nitrogen and oxygen atoms in total. The van der Waals surface area contributed by atoms with Crippen LogP contribution in [0.15, 0.2) is 36.7 Å². The Morgan fingerprint density at radius 1 is 1.40 bits per heavy atom. The first kappa shape index (κ1) is 15.3. The molecule has 0 saturated heterocycles. The molecule has 2 aromatic rings. The number of halogens is 1. The van der Waals surface area contributed by atoms with Crippen molar-refractivity contribution in [2.45, 2.75) is 26.4 Å². The third kappa shape index (κ3) is 5.13. The quantitative estimate of drug-likeness (QED) is 0.561. The highest BCUT2D eigenvalue weighted by Crippen LogP contribution is 2.13. The summed E-state index contributed by atoms with van der Waals surface area (Å²) in [6, 6.07) is 8.24. The van der Waals surface area contributed by atoms with Gasteiger partial charge in [0.05, 0.1) is 16.3 Å². The average molecular weight is 385 g/mol. The predicted molar refractivity (Wildman–Crippen MR) is 88.9 cm³/mol. The van der Waals surface area contributed by atoms with Crippen LogP contribution in [-0.4, -0.2) is 22.9 Å². The van der Waals surface area contributed by atoms with Crippen molar-refractivity contribution in [1.29, 1.82) is 0 Å². The number of nitrogens with one attached hydrogen (secondary N) is 1. The van der Waals surface area contributed by atoms with E-state index in [0.717, 1.165) is 35.4 Å². The number of rotatable bonds is 8. The summed E-state index contributed by atoms with van der Waals surface area (Å²) in [7, 11) is 0. The van der Waals surface area contributed by atoms with Crippen LogP contribution in [0.1, 0.15) is 18.9 Å². The summed E-state index contributed by atoms with van der Waals surface area (Å²) in [4.78, 5) is 0. The Morgan fingerprint density at radius 2 is 2.30 bits per heavy atom. The lowest BCUT2D eigenvalue weighted by Crippen LogP contribution is -2.14. The molecule has 1 aromatic heterocycles. The highest BCUT2D eigenvalue weighted by Gasteiger charge is 1.99. The Bertz CT molecular complexity index is 527. The molecule has 0 fully saturated rings. The van der Waals surface area contributed by atoms with Crippen molar-refractivity contribution in [3.63, 3.8) is 0 Å². The second kappa shape index (κ2) is 8.26. The maximum Gasteiger partial charge on any atom is 0.119 e. The summed E-state index contributed by atoms with van der Waals surface area (Å²) in [5.41, 5.74) is 1.25. The van der Waals surface area contributed by atoms with Gasteiger partial charge >= 0.3 is 0 Å². The zero-order valence-corrected chi connectivity index (χ0v) is 13.8. The maximum absolute atomic E-state index is 5.78. The van der Waals surface area contributed by atoms with Crippen LogP contribution in [0.5, 0.6) is 5.75 Å². The van der Waals surface area contributed by atoms with Gasteiger partial charge in [0.25, 0.3) is 0 Å². The Labute approximate surface area is 133 Å². The molecule has 0 bridgehead atoms. The van der Waals surface area contributed by atoms with Gasteiger partial charge in [-0.15, -0.1) is 0 Å². The van der Waals surface area contributed by atoms with E-state index in [-0.39, 0.29) is 0 Å². The topological polar surface area (TPSA) is 39.1 Å². The molecule has 0 unspecified atom stereocenters. The van der Waals surface area contributed by atoms with Crippen molar-refractivity contribution in [2.75, 3.05) is 13.2 Å². The van der Waals surface area contributed by atoms with E-state index in [9.17, 15) is 0 Å². The van der Waals surface area contributed by atoms with Crippen LogP contribution >= 0.6 is 22.6 Å². The van der Waals surface area contributed by atoms with Crippen LogP contribution in [-0.2, 0) is 13.1 Å². The van der Waals surface area contributed by atoms with Crippen LogP contribution in [0, 0.1) is 3.57 Å². The molecule has 0 amide bonds. The zero-order chi connectivity index (χ0) is 14.2. The molecule has 0 aliphatic carbocycles. The fourth-order valence-corrected chi connectivity index (χ4v) is 2.32. The van der Waals surface area contributed by atoms with Gasteiger partial charge in [-0.2, -0.15) is 5.10 Å². The van der Waals surface area contributed by atoms with E-state index in [1.807, 2.05) is 29.2 Å². The van der Waals surface area contributed by atoms with Gasteiger partial charge in [0.2, 0.25) is 0 Å². The summed E-state index contributed by atoms with van der Waals surface area (Å²) in [5.74, 6) is 0.919. The van der Waals surface area contributed by atoms with Gasteiger partial charge in [-0.3, -0.25) is 4.68 Å². The number of nitrogens with zero attached hydrogens (tertiary/aromatic N) is 2. The van der Waals surface area contributed by atoms with Crippen LogP contribution in [0.3, 0.4) is 0 Å². The molecule has 20 heavy (non-hydrogen) atoms. The third-order valence-corrected chi connectivity index (χ3v) is 3.40. The van der Waals surface area contributed by atoms with Gasteiger partial charge in [0.1, 0.15) is 12.4 Å². The molecule has 0 saturated carbocycles. The first-order valence-electron chi connectivity index (χ1n) is 6.88. The van der Waals surface area contributed by atoms with E-state index in [1.54, 1.807) is 0 Å². The Balaban J connectivity index is 1.78. The van der Waals surface area contributed by atoms with E-state index >= 15 is 0 Å². The summed E-state index contributed by atoms with van der Waals surface area (Å²) in [6.45, 7) is 5.50. The van der Waals surface area contributed by atoms with Gasteiger partial charge in [-0.05, 0) is 53.3 Å². The molecule has 1 aromatic carbocycles. The Morgan fingerprint density at radius 3 is 3.05 bits per heavy atom. The molecule has 108 valence electrons. The predicted octanol–water partition coefficient (Wildman–Crippen LogP) is 3.07. The number of aromatic nitrogens is 2. The SMILES string of the molecule is CCCNCc1cccc(OCCn2cc(I)cn2)c1. The molecule has 1 N–H and O–H groups in total. The fourth-order valence-electron chi connectivity index (χ4n) is 1.87. The second-order valence-corrected chi connectivity index (χ2v) is 5.84. The smallest absolute Gasteiger partial charge is 0.119 e. The van der Waals surface area contributed by atoms with E-state index in [0.29, 0.717) is 6.61 Å². The van der Waals surface area contributed by atoms with E-state index < -0.39 is 0 Å². The molecule has 0 radical (unpaired) electrons. The third-order valence-electron chi connectivity index (χ3n) is 2.85. The summed E-state index contributed by atoms with van der Waals surface area (Å²) in [5, 5.41) is 7.63. The first-order valence-corrected chi connectivity index (χ1v) is 7.96. The molecule has 0 aliphatic heterocycles. The summed E-state index contributed by atoms with van der Waals surface area (Å²) in [6.07, 6.45) is 5.01. The van der Waals surface area contributed by atoms with Crippen molar-refractivity contribution in [3.05, 3.63) is 45.8 Å². The normalized spacial score (nSPS) is 10.7. The molecular weight excluding hydrogens is 365 g/mol. The molecule has 0 spiro atoms. The van der Waals surface area contributed by atoms with Crippen LogP contribution in [0.4, 0.5) is 0 Å². The Kier molecular flexibility index (Phi) is 6.32. The monoisotopic (exact) mass is 385 g/mol. The van der Waals surface area contributed by atoms with Crippen molar-refractivity contribution in [2.24, 2.45) is 0 Å². The molecule has 1 heterocycles. The lowest BCUT2D eigenvalue weighted by molar-refractivity contribution is 0.291. The van der Waals surface area contributed by atoms with E-state index in [1.165, 1.54) is 5.56 Å². The van der Waals surface area contributed by atoms with Gasteiger partial charge < -0.3 is 10.1 Å². The van der Waals surface area contributed by atoms with Crippen LogP contribution in [0.2, 0.25) is 0 Å². The van der Waals surface area contributed by atoms with E-state index in [4.69, 9.17) is 4.74 Å². The average Bonchev–Trinajstić information content (AvgIpc) is 2.85.